The Labute approximate surface area is 120 Å². The summed E-state index contributed by atoms with van der Waals surface area (Å²) < 4.78 is 0. The van der Waals surface area contributed by atoms with Crippen LogP contribution in [0.4, 0.5) is 5.82 Å². The van der Waals surface area contributed by atoms with Crippen molar-refractivity contribution >= 4 is 5.82 Å². The molecule has 1 saturated heterocycles. The highest BCUT2D eigenvalue weighted by molar-refractivity contribution is 5.39. The number of piperidine rings is 1. The van der Waals surface area contributed by atoms with E-state index in [1.165, 1.54) is 29.7 Å². The van der Waals surface area contributed by atoms with E-state index in [0.717, 1.165) is 25.3 Å². The van der Waals surface area contributed by atoms with Crippen LogP contribution in [0.3, 0.4) is 0 Å². The lowest BCUT2D eigenvalue weighted by molar-refractivity contribution is 0.407. The van der Waals surface area contributed by atoms with E-state index in [1.807, 2.05) is 12.4 Å². The van der Waals surface area contributed by atoms with Crippen LogP contribution in [-0.4, -0.2) is 28.3 Å². The van der Waals surface area contributed by atoms with Gasteiger partial charge in [0.1, 0.15) is 5.82 Å². The number of aryl methyl sites for hydroxylation is 2. The van der Waals surface area contributed by atoms with Gasteiger partial charge in [-0.05, 0) is 56.2 Å². The molecule has 4 heteroatoms. The zero-order valence-electron chi connectivity index (χ0n) is 12.3. The number of aromatic amines is 1. The molecule has 0 spiro atoms. The van der Waals surface area contributed by atoms with Crippen LogP contribution < -0.4 is 4.90 Å². The van der Waals surface area contributed by atoms with Crippen LogP contribution in [-0.2, 0) is 6.42 Å². The lowest BCUT2D eigenvalue weighted by atomic mass is 9.92. The van der Waals surface area contributed by atoms with Crippen molar-refractivity contribution in [2.75, 3.05) is 18.0 Å². The largest absolute Gasteiger partial charge is 0.356 e. The van der Waals surface area contributed by atoms with E-state index in [4.69, 9.17) is 0 Å². The lowest BCUT2D eigenvalue weighted by Crippen LogP contribution is -2.36. The maximum absolute atomic E-state index is 4.56. The van der Waals surface area contributed by atoms with Crippen molar-refractivity contribution in [3.8, 4) is 0 Å². The van der Waals surface area contributed by atoms with E-state index in [1.54, 1.807) is 0 Å². The van der Waals surface area contributed by atoms with Gasteiger partial charge >= 0.3 is 0 Å². The van der Waals surface area contributed by atoms with Crippen LogP contribution in [0.25, 0.3) is 0 Å². The second-order valence-corrected chi connectivity index (χ2v) is 5.88. The quantitative estimate of drug-likeness (QED) is 0.932. The van der Waals surface area contributed by atoms with Gasteiger partial charge in [-0.1, -0.05) is 6.07 Å². The summed E-state index contributed by atoms with van der Waals surface area (Å²) in [7, 11) is 0. The van der Waals surface area contributed by atoms with Gasteiger partial charge < -0.3 is 4.90 Å². The fourth-order valence-electron chi connectivity index (χ4n) is 2.96. The van der Waals surface area contributed by atoms with Gasteiger partial charge in [0, 0.05) is 25.0 Å². The third-order valence-electron chi connectivity index (χ3n) is 4.17. The Kier molecular flexibility index (Phi) is 3.72. The van der Waals surface area contributed by atoms with E-state index in [9.17, 15) is 0 Å². The minimum Gasteiger partial charge on any atom is -0.356 e. The van der Waals surface area contributed by atoms with Crippen LogP contribution in [0.2, 0.25) is 0 Å². The molecule has 1 aliphatic rings. The summed E-state index contributed by atoms with van der Waals surface area (Å²) >= 11 is 0. The van der Waals surface area contributed by atoms with E-state index in [-0.39, 0.29) is 0 Å². The summed E-state index contributed by atoms with van der Waals surface area (Å²) in [5.74, 6) is 1.80. The molecule has 1 fully saturated rings. The molecular formula is C16H22N4. The number of rotatable bonds is 3. The number of nitrogens with zero attached hydrogens (tertiary/aromatic N) is 3. The van der Waals surface area contributed by atoms with E-state index in [0.29, 0.717) is 5.92 Å². The molecular weight excluding hydrogens is 248 g/mol. The van der Waals surface area contributed by atoms with Crippen LogP contribution in [0.1, 0.15) is 29.7 Å². The van der Waals surface area contributed by atoms with Crippen molar-refractivity contribution in [2.45, 2.75) is 33.1 Å². The minimum absolute atomic E-state index is 0.686. The maximum Gasteiger partial charge on any atom is 0.128 e. The van der Waals surface area contributed by atoms with Gasteiger partial charge in [0.05, 0.1) is 6.20 Å². The SMILES string of the molecule is Cc1ccc(N2CCC[C@H](Cc3[nH]ncc3C)C2)nc1. The Hall–Kier alpha value is -1.84. The number of pyridine rings is 1. The Morgan fingerprint density at radius 1 is 1.30 bits per heavy atom. The van der Waals surface area contributed by atoms with E-state index < -0.39 is 0 Å². The van der Waals surface area contributed by atoms with Gasteiger partial charge in [-0.3, -0.25) is 5.10 Å². The minimum atomic E-state index is 0.686. The molecule has 0 aliphatic carbocycles. The van der Waals surface area contributed by atoms with Crippen LogP contribution in [0.5, 0.6) is 0 Å². The molecule has 1 atom stereocenters. The second kappa shape index (κ2) is 5.65. The second-order valence-electron chi connectivity index (χ2n) is 5.88. The van der Waals surface area contributed by atoms with Gasteiger partial charge in [0.25, 0.3) is 0 Å². The molecule has 0 unspecified atom stereocenters. The fourth-order valence-corrected chi connectivity index (χ4v) is 2.96. The molecule has 0 radical (unpaired) electrons. The van der Waals surface area contributed by atoms with E-state index >= 15 is 0 Å². The van der Waals surface area contributed by atoms with Gasteiger partial charge in [0.15, 0.2) is 0 Å². The van der Waals surface area contributed by atoms with Crippen LogP contribution in [0.15, 0.2) is 24.5 Å². The van der Waals surface area contributed by atoms with Gasteiger partial charge in [-0.2, -0.15) is 5.10 Å². The van der Waals surface area contributed by atoms with Gasteiger partial charge in [-0.15, -0.1) is 0 Å². The number of nitrogens with one attached hydrogen (secondary N) is 1. The topological polar surface area (TPSA) is 44.8 Å². The standard InChI is InChI=1S/C16H22N4/c1-12-5-6-16(17-9-12)20-7-3-4-14(11-20)8-15-13(2)10-18-19-15/h5-6,9-10,14H,3-4,7-8,11H2,1-2H3,(H,18,19)/t14-/m1/s1. The number of hydrogen-bond donors (Lipinski definition) is 1. The first-order chi connectivity index (χ1) is 9.72. The Balaban J connectivity index is 1.67. The molecule has 20 heavy (non-hydrogen) atoms. The van der Waals surface area contributed by atoms with Crippen LogP contribution >= 0.6 is 0 Å². The molecule has 0 saturated carbocycles. The molecule has 3 rings (SSSR count). The molecule has 0 amide bonds. The zero-order chi connectivity index (χ0) is 13.9. The highest BCUT2D eigenvalue weighted by Gasteiger charge is 2.22. The summed E-state index contributed by atoms with van der Waals surface area (Å²) in [6, 6.07) is 4.28. The summed E-state index contributed by atoms with van der Waals surface area (Å²) in [5, 5.41) is 7.25. The highest BCUT2D eigenvalue weighted by atomic mass is 15.2. The maximum atomic E-state index is 4.56. The van der Waals surface area contributed by atoms with Crippen molar-refractivity contribution < 1.29 is 0 Å². The first-order valence-electron chi connectivity index (χ1n) is 7.39. The van der Waals surface area contributed by atoms with Crippen molar-refractivity contribution in [2.24, 2.45) is 5.92 Å². The molecule has 2 aromatic rings. The predicted molar refractivity (Wildman–Crippen MR) is 80.9 cm³/mol. The molecule has 106 valence electrons. The lowest BCUT2D eigenvalue weighted by Gasteiger charge is -2.33. The number of anilines is 1. The predicted octanol–water partition coefficient (Wildman–Crippen LogP) is 2.88. The average molecular weight is 270 g/mol. The Bertz CT molecular complexity index is 558. The summed E-state index contributed by atoms with van der Waals surface area (Å²) in [5.41, 5.74) is 3.78. The Morgan fingerprint density at radius 2 is 2.20 bits per heavy atom. The normalized spacial score (nSPS) is 19.3. The first-order valence-corrected chi connectivity index (χ1v) is 7.39. The first kappa shape index (κ1) is 13.2. The van der Waals surface area contributed by atoms with Gasteiger partial charge in [-0.25, -0.2) is 4.98 Å². The van der Waals surface area contributed by atoms with Crippen molar-refractivity contribution in [1.29, 1.82) is 0 Å². The smallest absolute Gasteiger partial charge is 0.128 e. The average Bonchev–Trinajstić information content (AvgIpc) is 2.85. The highest BCUT2D eigenvalue weighted by Crippen LogP contribution is 2.24. The molecule has 0 aromatic carbocycles. The molecule has 4 nitrogen and oxygen atoms in total. The molecule has 2 aromatic heterocycles. The summed E-state index contributed by atoms with van der Waals surface area (Å²) in [4.78, 5) is 6.97. The molecule has 0 bridgehead atoms. The number of aromatic nitrogens is 3. The van der Waals surface area contributed by atoms with E-state index in [2.05, 4.69) is 46.1 Å². The Morgan fingerprint density at radius 3 is 2.90 bits per heavy atom. The molecule has 3 heterocycles. The molecule has 1 aliphatic heterocycles. The summed E-state index contributed by atoms with van der Waals surface area (Å²) in [6.45, 7) is 6.42. The van der Waals surface area contributed by atoms with Gasteiger partial charge in [0.2, 0.25) is 0 Å². The molecule has 1 N–H and O–H groups in total. The zero-order valence-corrected chi connectivity index (χ0v) is 12.3. The van der Waals surface area contributed by atoms with Crippen molar-refractivity contribution in [3.05, 3.63) is 41.3 Å². The third-order valence-corrected chi connectivity index (χ3v) is 4.17. The third kappa shape index (κ3) is 2.84. The van der Waals surface area contributed by atoms with Crippen molar-refractivity contribution in [3.63, 3.8) is 0 Å². The monoisotopic (exact) mass is 270 g/mol. The number of hydrogen-bond acceptors (Lipinski definition) is 3. The van der Waals surface area contributed by atoms with Crippen molar-refractivity contribution in [1.82, 2.24) is 15.2 Å². The van der Waals surface area contributed by atoms with Crippen LogP contribution in [0, 0.1) is 19.8 Å². The number of H-pyrrole nitrogens is 1. The summed E-state index contributed by atoms with van der Waals surface area (Å²) in [6.07, 6.45) is 7.50. The fraction of sp³-hybridized carbons (Fsp3) is 0.500.